The van der Waals surface area contributed by atoms with Gasteiger partial charge in [0.25, 0.3) is 0 Å². The number of nitrogens with one attached hydrogen (secondary N) is 2. The molecular weight excluding hydrogens is 306 g/mol. The molecule has 7 heteroatoms. The number of aliphatic hydroxyl groups excluding tert-OH is 1. The summed E-state index contributed by atoms with van der Waals surface area (Å²) in [6.45, 7) is 0.436. The first kappa shape index (κ1) is 16.4. The molecule has 1 aromatic carbocycles. The van der Waals surface area contributed by atoms with Crippen LogP contribution in [0.2, 0.25) is 0 Å². The van der Waals surface area contributed by atoms with Crippen molar-refractivity contribution in [3.63, 3.8) is 0 Å². The van der Waals surface area contributed by atoms with Crippen LogP contribution in [-0.4, -0.2) is 38.8 Å². The maximum atomic E-state index is 12.1. The largest absolute Gasteiger partial charge is 0.396 e. The molecule has 1 aromatic heterocycles. The summed E-state index contributed by atoms with van der Waals surface area (Å²) >= 11 is 0. The third kappa shape index (κ3) is 4.11. The van der Waals surface area contributed by atoms with E-state index in [0.29, 0.717) is 12.2 Å². The van der Waals surface area contributed by atoms with Gasteiger partial charge in [0, 0.05) is 18.6 Å². The van der Waals surface area contributed by atoms with Gasteiger partial charge < -0.3 is 15.7 Å². The van der Waals surface area contributed by atoms with Crippen molar-refractivity contribution in [1.29, 1.82) is 0 Å². The Hall–Kier alpha value is -2.41. The highest BCUT2D eigenvalue weighted by Gasteiger charge is 2.25. The number of para-hydroxylation sites is 1. The molecule has 2 amide bonds. The molecule has 2 atom stereocenters. The number of amides is 2. The Morgan fingerprint density at radius 2 is 2.04 bits per heavy atom. The molecule has 0 saturated heterocycles. The topological polar surface area (TPSA) is 92.1 Å². The third-order valence-electron chi connectivity index (χ3n) is 4.45. The number of hydrogen-bond acceptors (Lipinski definition) is 4. The molecule has 0 unspecified atom stereocenters. The molecule has 0 spiro atoms. The van der Waals surface area contributed by atoms with Crippen LogP contribution in [0.3, 0.4) is 0 Å². The standard InChI is InChI=1S/C17H23N5O2/c23-12-13-6-4-5-9-16(13)19-17(24)18-10-14-11-22(21-20-14)15-7-2-1-3-8-15/h1-3,7-8,11,13,16,23H,4-6,9-10,12H2,(H2,18,19,24)/t13-,16-/m1/s1. The smallest absolute Gasteiger partial charge is 0.315 e. The molecule has 128 valence electrons. The average Bonchev–Trinajstić information content (AvgIpc) is 3.10. The summed E-state index contributed by atoms with van der Waals surface area (Å²) in [5.41, 5.74) is 1.62. The number of benzene rings is 1. The van der Waals surface area contributed by atoms with Crippen molar-refractivity contribution >= 4 is 6.03 Å². The normalized spacial score (nSPS) is 20.5. The second kappa shape index (κ2) is 7.92. The number of hydrogen-bond donors (Lipinski definition) is 3. The van der Waals surface area contributed by atoms with Gasteiger partial charge in [-0.25, -0.2) is 9.48 Å². The zero-order valence-corrected chi connectivity index (χ0v) is 13.6. The van der Waals surface area contributed by atoms with E-state index in [0.717, 1.165) is 31.4 Å². The SMILES string of the molecule is O=C(NCc1cn(-c2ccccc2)nn1)N[C@@H]1CCCC[C@@H]1CO. The summed E-state index contributed by atoms with van der Waals surface area (Å²) in [5.74, 6) is 0.156. The number of aliphatic hydroxyl groups is 1. The van der Waals surface area contributed by atoms with E-state index in [1.807, 2.05) is 30.3 Å². The van der Waals surface area contributed by atoms with Crippen LogP contribution < -0.4 is 10.6 Å². The lowest BCUT2D eigenvalue weighted by atomic mass is 9.85. The van der Waals surface area contributed by atoms with Crippen molar-refractivity contribution in [2.75, 3.05) is 6.61 Å². The van der Waals surface area contributed by atoms with Crippen LogP contribution in [0.25, 0.3) is 5.69 Å². The van der Waals surface area contributed by atoms with Gasteiger partial charge in [-0.3, -0.25) is 0 Å². The second-order valence-corrected chi connectivity index (χ2v) is 6.15. The number of nitrogens with zero attached hydrogens (tertiary/aromatic N) is 3. The second-order valence-electron chi connectivity index (χ2n) is 6.15. The van der Waals surface area contributed by atoms with E-state index in [1.54, 1.807) is 10.9 Å². The maximum Gasteiger partial charge on any atom is 0.315 e. The van der Waals surface area contributed by atoms with E-state index in [9.17, 15) is 9.90 Å². The lowest BCUT2D eigenvalue weighted by Crippen LogP contribution is -2.47. The van der Waals surface area contributed by atoms with Crippen LogP contribution in [-0.2, 0) is 6.54 Å². The Morgan fingerprint density at radius 1 is 1.25 bits per heavy atom. The zero-order chi connectivity index (χ0) is 16.8. The zero-order valence-electron chi connectivity index (χ0n) is 13.6. The van der Waals surface area contributed by atoms with Gasteiger partial charge in [-0.1, -0.05) is 36.3 Å². The van der Waals surface area contributed by atoms with E-state index < -0.39 is 0 Å². The number of aromatic nitrogens is 3. The summed E-state index contributed by atoms with van der Waals surface area (Å²) in [7, 11) is 0. The first-order valence-electron chi connectivity index (χ1n) is 8.38. The van der Waals surface area contributed by atoms with Gasteiger partial charge in [-0.2, -0.15) is 0 Å². The fourth-order valence-corrected chi connectivity index (χ4v) is 3.09. The molecule has 3 rings (SSSR count). The molecular formula is C17H23N5O2. The number of carbonyl (C=O) groups excluding carboxylic acids is 1. The highest BCUT2D eigenvalue weighted by Crippen LogP contribution is 2.23. The number of rotatable bonds is 5. The Bertz CT molecular complexity index is 658. The molecule has 24 heavy (non-hydrogen) atoms. The molecule has 1 fully saturated rings. The quantitative estimate of drug-likeness (QED) is 0.777. The van der Waals surface area contributed by atoms with Gasteiger partial charge in [0.1, 0.15) is 5.69 Å². The summed E-state index contributed by atoms with van der Waals surface area (Å²) < 4.78 is 1.68. The summed E-state index contributed by atoms with van der Waals surface area (Å²) in [6.07, 6.45) is 5.89. The average molecular weight is 329 g/mol. The van der Waals surface area contributed by atoms with Crippen LogP contribution in [0, 0.1) is 5.92 Å². The predicted molar refractivity (Wildman–Crippen MR) is 89.6 cm³/mol. The predicted octanol–water partition coefficient (Wildman–Crippen LogP) is 1.62. The molecule has 0 aliphatic heterocycles. The third-order valence-corrected chi connectivity index (χ3v) is 4.45. The van der Waals surface area contributed by atoms with E-state index in [-0.39, 0.29) is 24.6 Å². The van der Waals surface area contributed by atoms with Crippen LogP contribution in [0.5, 0.6) is 0 Å². The summed E-state index contributed by atoms with van der Waals surface area (Å²) in [5, 5.41) is 23.3. The first-order valence-corrected chi connectivity index (χ1v) is 8.38. The summed E-state index contributed by atoms with van der Waals surface area (Å²) in [6, 6.07) is 9.51. The van der Waals surface area contributed by atoms with Crippen molar-refractivity contribution in [2.45, 2.75) is 38.3 Å². The molecule has 0 bridgehead atoms. The lowest BCUT2D eigenvalue weighted by molar-refractivity contribution is 0.153. The molecule has 1 aliphatic rings. The Kier molecular flexibility index (Phi) is 5.43. The Labute approximate surface area is 141 Å². The van der Waals surface area contributed by atoms with Crippen LogP contribution >= 0.6 is 0 Å². The molecule has 2 aromatic rings. The molecule has 1 aliphatic carbocycles. The maximum absolute atomic E-state index is 12.1. The summed E-state index contributed by atoms with van der Waals surface area (Å²) in [4.78, 5) is 12.1. The van der Waals surface area contributed by atoms with Gasteiger partial charge >= 0.3 is 6.03 Å². The fourth-order valence-electron chi connectivity index (χ4n) is 3.09. The van der Waals surface area contributed by atoms with Gasteiger partial charge in [0.2, 0.25) is 0 Å². The molecule has 3 N–H and O–H groups in total. The Morgan fingerprint density at radius 3 is 2.83 bits per heavy atom. The van der Waals surface area contributed by atoms with Gasteiger partial charge in [0.15, 0.2) is 0 Å². The van der Waals surface area contributed by atoms with E-state index in [2.05, 4.69) is 20.9 Å². The monoisotopic (exact) mass is 329 g/mol. The van der Waals surface area contributed by atoms with Crippen molar-refractivity contribution in [2.24, 2.45) is 5.92 Å². The molecule has 0 radical (unpaired) electrons. The lowest BCUT2D eigenvalue weighted by Gasteiger charge is -2.30. The van der Waals surface area contributed by atoms with Crippen molar-refractivity contribution < 1.29 is 9.90 Å². The van der Waals surface area contributed by atoms with Gasteiger partial charge in [0.05, 0.1) is 18.4 Å². The Balaban J connectivity index is 1.50. The number of urea groups is 1. The van der Waals surface area contributed by atoms with Gasteiger partial charge in [-0.05, 0) is 25.0 Å². The minimum absolute atomic E-state index is 0.0451. The highest BCUT2D eigenvalue weighted by molar-refractivity contribution is 5.74. The van der Waals surface area contributed by atoms with Gasteiger partial charge in [-0.15, -0.1) is 5.10 Å². The van der Waals surface area contributed by atoms with Crippen molar-refractivity contribution in [1.82, 2.24) is 25.6 Å². The minimum atomic E-state index is -0.227. The fraction of sp³-hybridized carbons (Fsp3) is 0.471. The highest BCUT2D eigenvalue weighted by atomic mass is 16.3. The molecule has 1 saturated carbocycles. The van der Waals surface area contributed by atoms with Crippen molar-refractivity contribution in [3.8, 4) is 5.69 Å². The minimum Gasteiger partial charge on any atom is -0.396 e. The molecule has 7 nitrogen and oxygen atoms in total. The van der Waals surface area contributed by atoms with Crippen molar-refractivity contribution in [3.05, 3.63) is 42.2 Å². The first-order chi connectivity index (χ1) is 11.8. The van der Waals surface area contributed by atoms with E-state index >= 15 is 0 Å². The number of carbonyl (C=O) groups is 1. The van der Waals surface area contributed by atoms with E-state index in [1.165, 1.54) is 0 Å². The van der Waals surface area contributed by atoms with Crippen LogP contribution in [0.4, 0.5) is 4.79 Å². The molecule has 1 heterocycles. The van der Waals surface area contributed by atoms with Crippen LogP contribution in [0.1, 0.15) is 31.4 Å². The van der Waals surface area contributed by atoms with Crippen LogP contribution in [0.15, 0.2) is 36.5 Å². The van der Waals surface area contributed by atoms with E-state index in [4.69, 9.17) is 0 Å².